The summed E-state index contributed by atoms with van der Waals surface area (Å²) in [6, 6.07) is 13.3. The van der Waals surface area contributed by atoms with Crippen molar-refractivity contribution in [2.45, 2.75) is 26.4 Å². The van der Waals surface area contributed by atoms with Gasteiger partial charge in [-0.2, -0.15) is 0 Å². The third-order valence-electron chi connectivity index (χ3n) is 4.40. The Morgan fingerprint density at radius 3 is 2.57 bits per heavy atom. The Morgan fingerprint density at radius 1 is 1.10 bits per heavy atom. The van der Waals surface area contributed by atoms with Crippen molar-refractivity contribution >= 4 is 45.9 Å². The number of carbonyl (C=O) groups excluding carboxylic acids is 2. The topological polar surface area (TPSA) is 122 Å². The van der Waals surface area contributed by atoms with Gasteiger partial charge in [0.05, 0.1) is 12.1 Å². The zero-order valence-electron chi connectivity index (χ0n) is 16.6. The van der Waals surface area contributed by atoms with E-state index < -0.39 is 18.0 Å². The fourth-order valence-electron chi connectivity index (χ4n) is 2.93. The predicted molar refractivity (Wildman–Crippen MR) is 118 cm³/mol. The first-order chi connectivity index (χ1) is 14.3. The largest absolute Gasteiger partial charge is 0.368 e. The number of rotatable bonds is 7. The number of anilines is 2. The van der Waals surface area contributed by atoms with Gasteiger partial charge >= 0.3 is 6.03 Å². The molecule has 1 atom stereocenters. The van der Waals surface area contributed by atoms with Gasteiger partial charge in [0.2, 0.25) is 5.91 Å². The maximum absolute atomic E-state index is 12.2. The number of amides is 3. The van der Waals surface area contributed by atoms with Crippen molar-refractivity contribution in [1.29, 1.82) is 0 Å². The monoisotopic (exact) mass is 426 g/mol. The van der Waals surface area contributed by atoms with Crippen LogP contribution in [0.3, 0.4) is 0 Å². The molecule has 0 aliphatic carbocycles. The lowest BCUT2D eigenvalue weighted by Crippen LogP contribution is -2.40. The number of nitrogens with one attached hydrogen (secondary N) is 3. The number of benzene rings is 2. The zero-order chi connectivity index (χ0) is 21.7. The van der Waals surface area contributed by atoms with Crippen molar-refractivity contribution in [1.82, 2.24) is 15.3 Å². The maximum Gasteiger partial charge on any atom is 0.319 e. The molecule has 0 fully saturated rings. The van der Waals surface area contributed by atoms with Crippen LogP contribution in [0.25, 0.3) is 10.9 Å². The first-order valence-electron chi connectivity index (χ1n) is 9.45. The van der Waals surface area contributed by atoms with Gasteiger partial charge in [0.1, 0.15) is 11.9 Å². The Kier molecular flexibility index (Phi) is 6.68. The minimum atomic E-state index is -0.588. The lowest BCUT2D eigenvalue weighted by Gasteiger charge is -2.21. The van der Waals surface area contributed by atoms with Gasteiger partial charge in [-0.25, -0.2) is 14.8 Å². The van der Waals surface area contributed by atoms with Gasteiger partial charge in [0.25, 0.3) is 0 Å². The van der Waals surface area contributed by atoms with E-state index in [1.165, 1.54) is 0 Å². The molecule has 3 amide bonds. The Bertz CT molecular complexity index is 1070. The van der Waals surface area contributed by atoms with Crippen molar-refractivity contribution in [2.75, 3.05) is 10.6 Å². The normalized spacial score (nSPS) is 11.9. The fourth-order valence-corrected chi connectivity index (χ4v) is 3.12. The van der Waals surface area contributed by atoms with Gasteiger partial charge in [-0.15, -0.1) is 0 Å². The number of nitrogens with zero attached hydrogens (tertiary/aromatic N) is 2. The number of fused-ring (bicyclic) bond motifs is 1. The molecular formula is C21H23ClN6O2. The molecule has 0 bridgehead atoms. The molecule has 9 heteroatoms. The molecule has 30 heavy (non-hydrogen) atoms. The molecule has 0 aliphatic heterocycles. The standard InChI is InChI=1S/C21H23ClN6O2/c1-12(2)18(19(23)29)28-20-15-8-3-4-9-16(15)26-17(27-20)11-24-21(30)25-14-7-5-6-13(22)10-14/h3-10,12,18H,11H2,1-2H3,(H2,23,29)(H2,24,25,30)(H,26,27,28)/t18-/m0/s1. The highest BCUT2D eigenvalue weighted by Gasteiger charge is 2.21. The third-order valence-corrected chi connectivity index (χ3v) is 4.64. The summed E-state index contributed by atoms with van der Waals surface area (Å²) in [5.41, 5.74) is 6.79. The van der Waals surface area contributed by atoms with Crippen LogP contribution in [0.15, 0.2) is 48.5 Å². The number of nitrogens with two attached hydrogens (primary N) is 1. The van der Waals surface area contributed by atoms with Gasteiger partial charge in [-0.05, 0) is 36.2 Å². The smallest absolute Gasteiger partial charge is 0.319 e. The number of hydrogen-bond donors (Lipinski definition) is 4. The van der Waals surface area contributed by atoms with Gasteiger partial charge in [-0.1, -0.05) is 43.6 Å². The molecule has 0 spiro atoms. The van der Waals surface area contributed by atoms with E-state index in [1.54, 1.807) is 24.3 Å². The minimum Gasteiger partial charge on any atom is -0.368 e. The Labute approximate surface area is 179 Å². The number of hydrogen-bond acceptors (Lipinski definition) is 5. The summed E-state index contributed by atoms with van der Waals surface area (Å²) in [7, 11) is 0. The maximum atomic E-state index is 12.2. The quantitative estimate of drug-likeness (QED) is 0.460. The van der Waals surface area contributed by atoms with E-state index in [9.17, 15) is 9.59 Å². The van der Waals surface area contributed by atoms with Crippen LogP contribution in [0, 0.1) is 5.92 Å². The SMILES string of the molecule is CC(C)[C@H](Nc1nc(CNC(=O)Nc2cccc(Cl)c2)nc2ccccc12)C(N)=O. The van der Waals surface area contributed by atoms with Crippen LogP contribution in [-0.2, 0) is 11.3 Å². The summed E-state index contributed by atoms with van der Waals surface area (Å²) >= 11 is 5.93. The Balaban J connectivity index is 1.79. The fraction of sp³-hybridized carbons (Fsp3) is 0.238. The van der Waals surface area contributed by atoms with E-state index in [-0.39, 0.29) is 12.5 Å². The first kappa shape index (κ1) is 21.3. The molecule has 2 aromatic carbocycles. The van der Waals surface area contributed by atoms with Gasteiger partial charge < -0.3 is 21.7 Å². The second-order valence-electron chi connectivity index (χ2n) is 7.09. The number of para-hydroxylation sites is 1. The first-order valence-corrected chi connectivity index (χ1v) is 9.83. The van der Waals surface area contributed by atoms with E-state index in [0.717, 1.165) is 5.39 Å². The lowest BCUT2D eigenvalue weighted by molar-refractivity contribution is -0.119. The number of primary amides is 1. The average molecular weight is 427 g/mol. The molecule has 0 aliphatic rings. The van der Waals surface area contributed by atoms with E-state index in [2.05, 4.69) is 25.9 Å². The van der Waals surface area contributed by atoms with Crippen LogP contribution in [-0.4, -0.2) is 27.9 Å². The van der Waals surface area contributed by atoms with Crippen LogP contribution in [0.4, 0.5) is 16.3 Å². The summed E-state index contributed by atoms with van der Waals surface area (Å²) in [6.45, 7) is 3.89. The van der Waals surface area contributed by atoms with Crippen molar-refractivity contribution in [2.24, 2.45) is 11.7 Å². The second kappa shape index (κ2) is 9.41. The Hall–Kier alpha value is -3.39. The van der Waals surface area contributed by atoms with E-state index in [0.29, 0.717) is 27.9 Å². The molecule has 0 unspecified atom stereocenters. The Morgan fingerprint density at radius 2 is 1.87 bits per heavy atom. The minimum absolute atomic E-state index is 0.0266. The number of aromatic nitrogens is 2. The molecule has 3 rings (SSSR count). The average Bonchev–Trinajstić information content (AvgIpc) is 2.69. The molecule has 3 aromatic rings. The van der Waals surface area contributed by atoms with E-state index >= 15 is 0 Å². The lowest BCUT2D eigenvalue weighted by atomic mass is 10.0. The zero-order valence-corrected chi connectivity index (χ0v) is 17.4. The van der Waals surface area contributed by atoms with Crippen molar-refractivity contribution in [3.63, 3.8) is 0 Å². The number of carbonyl (C=O) groups is 2. The van der Waals surface area contributed by atoms with Crippen LogP contribution in [0.2, 0.25) is 5.02 Å². The second-order valence-corrected chi connectivity index (χ2v) is 7.53. The molecule has 0 radical (unpaired) electrons. The molecular weight excluding hydrogens is 404 g/mol. The molecule has 5 N–H and O–H groups in total. The molecule has 1 heterocycles. The number of urea groups is 1. The van der Waals surface area contributed by atoms with Crippen LogP contribution >= 0.6 is 11.6 Å². The highest BCUT2D eigenvalue weighted by Crippen LogP contribution is 2.22. The highest BCUT2D eigenvalue weighted by molar-refractivity contribution is 6.30. The number of halogens is 1. The molecule has 8 nitrogen and oxygen atoms in total. The summed E-state index contributed by atoms with van der Waals surface area (Å²) in [5.74, 6) is 0.393. The molecule has 156 valence electrons. The van der Waals surface area contributed by atoms with E-state index in [4.69, 9.17) is 17.3 Å². The van der Waals surface area contributed by atoms with Crippen LogP contribution < -0.4 is 21.7 Å². The van der Waals surface area contributed by atoms with Crippen molar-refractivity contribution in [3.8, 4) is 0 Å². The summed E-state index contributed by atoms with van der Waals surface area (Å²) in [4.78, 5) is 33.0. The molecule has 0 saturated heterocycles. The highest BCUT2D eigenvalue weighted by atomic mass is 35.5. The molecule has 1 aromatic heterocycles. The summed E-state index contributed by atoms with van der Waals surface area (Å²) < 4.78 is 0. The van der Waals surface area contributed by atoms with Gasteiger partial charge in [0, 0.05) is 16.1 Å². The van der Waals surface area contributed by atoms with Gasteiger partial charge in [-0.3, -0.25) is 4.79 Å². The summed E-state index contributed by atoms with van der Waals surface area (Å²) in [6.07, 6.45) is 0. The van der Waals surface area contributed by atoms with E-state index in [1.807, 2.05) is 38.1 Å². The van der Waals surface area contributed by atoms with Gasteiger partial charge in [0.15, 0.2) is 5.82 Å². The summed E-state index contributed by atoms with van der Waals surface area (Å²) in [5, 5.41) is 9.83. The van der Waals surface area contributed by atoms with Crippen molar-refractivity contribution < 1.29 is 9.59 Å². The van der Waals surface area contributed by atoms with Crippen LogP contribution in [0.1, 0.15) is 19.7 Å². The van der Waals surface area contributed by atoms with Crippen molar-refractivity contribution in [3.05, 3.63) is 59.4 Å². The van der Waals surface area contributed by atoms with Crippen LogP contribution in [0.5, 0.6) is 0 Å². The predicted octanol–water partition coefficient (Wildman–Crippen LogP) is 3.53. The molecule has 0 saturated carbocycles. The third kappa shape index (κ3) is 5.36.